The second-order valence-corrected chi connectivity index (χ2v) is 8.11. The Morgan fingerprint density at radius 1 is 1.29 bits per heavy atom. The molecule has 0 radical (unpaired) electrons. The quantitative estimate of drug-likeness (QED) is 0.163. The number of hydrogen-bond donors (Lipinski definition) is 8. The number of rotatable bonds is 13. The Kier molecular flexibility index (Phi) is 10.5. The van der Waals surface area contributed by atoms with E-state index >= 15 is 0 Å². The van der Waals surface area contributed by atoms with Gasteiger partial charge in [0.05, 0.1) is 31.1 Å². The van der Waals surface area contributed by atoms with Crippen LogP contribution in [0.2, 0.25) is 0 Å². The molecule has 3 atom stereocenters. The number of pyridine rings is 1. The number of aryl methyl sites for hydroxylation is 1. The Morgan fingerprint density at radius 3 is 2.45 bits per heavy atom. The standard InChI is InChI=1S/C17H28N3O10P/c1-9-16(24)12(11(5-18-9)8-30-31(27,28)29)6-19-14(7-21)15(23)4-3-13(17(25)26)20-10(2)22/h5,13-15,19,21,23-24H,3-4,6-8H2,1-2H3,(H,20,22)(H,25,26)(H2,27,28,29)/t13-,14-,15-/m0/s1. The van der Waals surface area contributed by atoms with Crippen LogP contribution in [0.5, 0.6) is 5.75 Å². The Hall–Kier alpha value is -2.12. The SMILES string of the molecule is CC(=O)N[C@@H](CC[C@H](O)[C@H](CO)NCc1c(COP(=O)(O)O)cnc(C)c1O)C(=O)O. The Morgan fingerprint density at radius 2 is 1.94 bits per heavy atom. The van der Waals surface area contributed by atoms with Crippen molar-refractivity contribution in [3.05, 3.63) is 23.0 Å². The van der Waals surface area contributed by atoms with E-state index in [1.807, 2.05) is 0 Å². The van der Waals surface area contributed by atoms with Crippen molar-refractivity contribution in [1.29, 1.82) is 0 Å². The van der Waals surface area contributed by atoms with Gasteiger partial charge in [-0.15, -0.1) is 0 Å². The second kappa shape index (κ2) is 12.1. The number of carboxylic acids is 1. The molecule has 31 heavy (non-hydrogen) atoms. The number of carbonyl (C=O) groups excluding carboxylic acids is 1. The summed E-state index contributed by atoms with van der Waals surface area (Å²) in [5.41, 5.74) is 0.632. The number of phosphoric ester groups is 1. The fourth-order valence-corrected chi connectivity index (χ4v) is 3.06. The number of aliphatic hydroxyl groups excluding tert-OH is 2. The number of aromatic hydroxyl groups is 1. The summed E-state index contributed by atoms with van der Waals surface area (Å²) in [6, 6.07) is -2.12. The third-order valence-electron chi connectivity index (χ3n) is 4.45. The minimum Gasteiger partial charge on any atom is -0.506 e. The zero-order chi connectivity index (χ0) is 23.8. The summed E-state index contributed by atoms with van der Waals surface area (Å²) in [5.74, 6) is -2.04. The average molecular weight is 465 g/mol. The van der Waals surface area contributed by atoms with Crippen molar-refractivity contribution in [2.45, 2.75) is 58.0 Å². The number of aromatic nitrogens is 1. The van der Waals surface area contributed by atoms with E-state index in [0.29, 0.717) is 0 Å². The van der Waals surface area contributed by atoms with Crippen molar-refractivity contribution >= 4 is 19.7 Å². The van der Waals surface area contributed by atoms with Crippen molar-refractivity contribution < 1.29 is 48.9 Å². The highest BCUT2D eigenvalue weighted by molar-refractivity contribution is 7.46. The molecule has 1 amide bonds. The summed E-state index contributed by atoms with van der Waals surface area (Å²) in [7, 11) is -4.76. The molecule has 1 aromatic rings. The molecule has 0 bridgehead atoms. The molecule has 1 aromatic heterocycles. The third-order valence-corrected chi connectivity index (χ3v) is 4.91. The van der Waals surface area contributed by atoms with Gasteiger partial charge in [-0.3, -0.25) is 14.3 Å². The van der Waals surface area contributed by atoms with Gasteiger partial charge in [-0.2, -0.15) is 0 Å². The smallest absolute Gasteiger partial charge is 0.469 e. The largest absolute Gasteiger partial charge is 0.506 e. The van der Waals surface area contributed by atoms with Crippen molar-refractivity contribution in [2.75, 3.05) is 6.61 Å². The lowest BCUT2D eigenvalue weighted by atomic mass is 10.0. The van der Waals surface area contributed by atoms with E-state index in [0.717, 1.165) is 0 Å². The topological polar surface area (TPSA) is 219 Å². The summed E-state index contributed by atoms with van der Waals surface area (Å²) in [6.45, 7) is 1.50. The molecule has 0 saturated carbocycles. The summed E-state index contributed by atoms with van der Waals surface area (Å²) < 4.78 is 15.4. The highest BCUT2D eigenvalue weighted by Crippen LogP contribution is 2.38. The highest BCUT2D eigenvalue weighted by atomic mass is 31.2. The number of carbonyl (C=O) groups is 2. The van der Waals surface area contributed by atoms with E-state index in [1.165, 1.54) is 20.0 Å². The van der Waals surface area contributed by atoms with E-state index in [4.69, 9.17) is 14.9 Å². The first-order chi connectivity index (χ1) is 14.4. The van der Waals surface area contributed by atoms with Gasteiger partial charge in [0.2, 0.25) is 5.91 Å². The molecule has 0 spiro atoms. The number of phosphoric acid groups is 1. The summed E-state index contributed by atoms with van der Waals surface area (Å²) in [4.78, 5) is 43.9. The van der Waals surface area contributed by atoms with Crippen LogP contribution in [0.15, 0.2) is 6.20 Å². The minimum atomic E-state index is -4.76. The molecule has 8 N–H and O–H groups in total. The van der Waals surface area contributed by atoms with Crippen LogP contribution < -0.4 is 10.6 Å². The molecule has 0 saturated heterocycles. The molecule has 0 fully saturated rings. The van der Waals surface area contributed by atoms with E-state index < -0.39 is 51.1 Å². The number of nitrogens with one attached hydrogen (secondary N) is 2. The van der Waals surface area contributed by atoms with E-state index in [2.05, 4.69) is 20.1 Å². The van der Waals surface area contributed by atoms with Gasteiger partial charge in [0, 0.05) is 30.8 Å². The molecule has 0 aliphatic rings. The van der Waals surface area contributed by atoms with Gasteiger partial charge < -0.3 is 40.8 Å². The van der Waals surface area contributed by atoms with Crippen molar-refractivity contribution in [3.8, 4) is 5.75 Å². The molecule has 1 rings (SSSR count). The molecule has 0 aromatic carbocycles. The molecule has 176 valence electrons. The maximum absolute atomic E-state index is 11.2. The van der Waals surface area contributed by atoms with Crippen molar-refractivity contribution in [3.63, 3.8) is 0 Å². The van der Waals surface area contributed by atoms with Crippen LogP contribution in [0.1, 0.15) is 36.6 Å². The van der Waals surface area contributed by atoms with Gasteiger partial charge in [0.15, 0.2) is 0 Å². The van der Waals surface area contributed by atoms with Crippen molar-refractivity contribution in [2.24, 2.45) is 0 Å². The Bertz CT molecular complexity index is 816. The number of nitrogens with zero attached hydrogens (tertiary/aromatic N) is 1. The average Bonchev–Trinajstić information content (AvgIpc) is 2.66. The lowest BCUT2D eigenvalue weighted by molar-refractivity contribution is -0.141. The Labute approximate surface area is 178 Å². The van der Waals surface area contributed by atoms with Gasteiger partial charge >= 0.3 is 13.8 Å². The monoisotopic (exact) mass is 465 g/mol. The molecule has 0 unspecified atom stereocenters. The summed E-state index contributed by atoms with van der Waals surface area (Å²) >= 11 is 0. The number of carboxylic acid groups (broad SMARTS) is 1. The van der Waals surface area contributed by atoms with Crippen LogP contribution in [0.4, 0.5) is 0 Å². The minimum absolute atomic E-state index is 0.0645. The van der Waals surface area contributed by atoms with Crippen LogP contribution >= 0.6 is 7.82 Å². The third kappa shape index (κ3) is 9.27. The first-order valence-corrected chi connectivity index (χ1v) is 10.8. The predicted octanol–water partition coefficient (Wildman–Crippen LogP) is -1.11. The Balaban J connectivity index is 2.84. The van der Waals surface area contributed by atoms with Crippen LogP contribution in [0.25, 0.3) is 0 Å². The number of hydrogen-bond acceptors (Lipinski definition) is 9. The normalized spacial score (nSPS) is 14.6. The van der Waals surface area contributed by atoms with E-state index in [-0.39, 0.29) is 42.0 Å². The first-order valence-electron chi connectivity index (χ1n) is 9.24. The van der Waals surface area contributed by atoms with Crippen LogP contribution in [0, 0.1) is 6.92 Å². The molecule has 14 heteroatoms. The van der Waals surface area contributed by atoms with Gasteiger partial charge in [-0.1, -0.05) is 0 Å². The second-order valence-electron chi connectivity index (χ2n) is 6.87. The summed E-state index contributed by atoms with van der Waals surface area (Å²) in [5, 5.41) is 44.4. The maximum atomic E-state index is 11.2. The van der Waals surface area contributed by atoms with Gasteiger partial charge in [-0.25, -0.2) is 9.36 Å². The lowest BCUT2D eigenvalue weighted by Gasteiger charge is -2.24. The van der Waals surface area contributed by atoms with Crippen LogP contribution in [-0.2, 0) is 31.8 Å². The van der Waals surface area contributed by atoms with E-state index in [1.54, 1.807) is 0 Å². The summed E-state index contributed by atoms with van der Waals surface area (Å²) in [6.07, 6.45) is -0.0717. The van der Waals surface area contributed by atoms with Crippen molar-refractivity contribution in [1.82, 2.24) is 15.6 Å². The molecule has 0 aliphatic heterocycles. The van der Waals surface area contributed by atoms with Gasteiger partial charge in [0.1, 0.15) is 11.8 Å². The van der Waals surface area contributed by atoms with Crippen LogP contribution in [0.3, 0.4) is 0 Å². The maximum Gasteiger partial charge on any atom is 0.469 e. The number of aliphatic carboxylic acids is 1. The fourth-order valence-electron chi connectivity index (χ4n) is 2.76. The fraction of sp³-hybridized carbons (Fsp3) is 0.588. The van der Waals surface area contributed by atoms with Gasteiger partial charge in [-0.05, 0) is 19.8 Å². The van der Waals surface area contributed by atoms with E-state index in [9.17, 15) is 29.5 Å². The zero-order valence-corrected chi connectivity index (χ0v) is 18.0. The molecule has 13 nitrogen and oxygen atoms in total. The number of aliphatic hydroxyl groups is 2. The van der Waals surface area contributed by atoms with Gasteiger partial charge in [0.25, 0.3) is 0 Å². The predicted molar refractivity (Wildman–Crippen MR) is 106 cm³/mol. The highest BCUT2D eigenvalue weighted by Gasteiger charge is 2.25. The lowest BCUT2D eigenvalue weighted by Crippen LogP contribution is -2.45. The molecular formula is C17H28N3O10P. The van der Waals surface area contributed by atoms with Crippen LogP contribution in [-0.4, -0.2) is 71.9 Å². The molecule has 0 aliphatic carbocycles. The zero-order valence-electron chi connectivity index (χ0n) is 17.1. The molecule has 1 heterocycles. The number of amides is 1. The molecular weight excluding hydrogens is 437 g/mol. The first kappa shape index (κ1) is 26.9.